The molecule has 2 heterocycles. The fraction of sp³-hybridized carbons (Fsp3) is 0.176. The van der Waals surface area contributed by atoms with Crippen molar-refractivity contribution in [1.82, 2.24) is 5.16 Å². The summed E-state index contributed by atoms with van der Waals surface area (Å²) in [6.07, 6.45) is 0.601. The van der Waals surface area contributed by atoms with Crippen LogP contribution in [0.2, 0.25) is 0 Å². The summed E-state index contributed by atoms with van der Waals surface area (Å²) in [5.74, 6) is -0.0869. The van der Waals surface area contributed by atoms with Gasteiger partial charge in [-0.25, -0.2) is 8.42 Å². The van der Waals surface area contributed by atoms with E-state index in [0.717, 1.165) is 5.56 Å². The van der Waals surface area contributed by atoms with Crippen LogP contribution in [-0.4, -0.2) is 26.0 Å². The molecule has 1 N–H and O–H groups in total. The number of para-hydroxylation sites is 1. The first kappa shape index (κ1) is 17.0. The first-order valence-corrected chi connectivity index (χ1v) is 10.1. The summed E-state index contributed by atoms with van der Waals surface area (Å²) in [5, 5.41) is 4.38. The highest BCUT2D eigenvalue weighted by Gasteiger charge is 2.32. The maximum atomic E-state index is 13.1. The molecule has 4 rings (SSSR count). The first-order chi connectivity index (χ1) is 12.4. The number of rotatable bonds is 3. The van der Waals surface area contributed by atoms with Gasteiger partial charge in [-0.2, -0.15) is 0 Å². The lowest BCUT2D eigenvalue weighted by atomic mass is 10.2. The van der Waals surface area contributed by atoms with Gasteiger partial charge in [-0.15, -0.1) is 0 Å². The van der Waals surface area contributed by atoms with Crippen LogP contribution in [0.4, 0.5) is 11.5 Å². The van der Waals surface area contributed by atoms with Crippen LogP contribution in [0.3, 0.4) is 0 Å². The summed E-state index contributed by atoms with van der Waals surface area (Å²) in [5.41, 5.74) is 1.70. The van der Waals surface area contributed by atoms with Crippen molar-refractivity contribution in [3.63, 3.8) is 0 Å². The molecule has 0 saturated carbocycles. The van der Waals surface area contributed by atoms with Gasteiger partial charge in [-0.1, -0.05) is 33.2 Å². The van der Waals surface area contributed by atoms with Crippen molar-refractivity contribution in [3.8, 4) is 0 Å². The Kier molecular flexibility index (Phi) is 4.00. The minimum atomic E-state index is -3.99. The van der Waals surface area contributed by atoms with E-state index in [1.54, 1.807) is 24.3 Å². The van der Waals surface area contributed by atoms with Gasteiger partial charge in [0.25, 0.3) is 10.0 Å². The lowest BCUT2D eigenvalue weighted by Gasteiger charge is -2.19. The second-order valence-corrected chi connectivity index (χ2v) is 8.53. The number of carbonyl (C=O) groups excluding carboxylic acids is 1. The normalized spacial score (nSPS) is 13.8. The quantitative estimate of drug-likeness (QED) is 0.680. The van der Waals surface area contributed by atoms with Crippen LogP contribution in [0.1, 0.15) is 12.5 Å². The van der Waals surface area contributed by atoms with Gasteiger partial charge < -0.3 is 9.42 Å². The SMILES string of the molecule is CC(=O)N1CCc2cc(Br)cc(S(=O)(=O)Nc3noc4ccccc34)c21. The topological polar surface area (TPSA) is 92.5 Å². The summed E-state index contributed by atoms with van der Waals surface area (Å²) in [4.78, 5) is 13.4. The number of carbonyl (C=O) groups is 1. The van der Waals surface area contributed by atoms with Crippen molar-refractivity contribution < 1.29 is 17.7 Å². The highest BCUT2D eigenvalue weighted by molar-refractivity contribution is 9.10. The molecular formula is C17H14BrN3O4S. The summed E-state index contributed by atoms with van der Waals surface area (Å²) in [6.45, 7) is 1.88. The fourth-order valence-electron chi connectivity index (χ4n) is 3.13. The minimum Gasteiger partial charge on any atom is -0.354 e. The zero-order valence-corrected chi connectivity index (χ0v) is 16.1. The van der Waals surface area contributed by atoms with E-state index in [-0.39, 0.29) is 16.6 Å². The van der Waals surface area contributed by atoms with Crippen molar-refractivity contribution in [2.45, 2.75) is 18.2 Å². The maximum Gasteiger partial charge on any atom is 0.265 e. The zero-order valence-electron chi connectivity index (χ0n) is 13.7. The van der Waals surface area contributed by atoms with Crippen molar-refractivity contribution >= 4 is 54.3 Å². The van der Waals surface area contributed by atoms with Crippen LogP contribution in [0.5, 0.6) is 0 Å². The Bertz CT molecular complexity index is 1140. The lowest BCUT2D eigenvalue weighted by molar-refractivity contribution is -0.116. The number of nitrogens with zero attached hydrogens (tertiary/aromatic N) is 2. The number of hydrogen-bond donors (Lipinski definition) is 1. The molecule has 0 fully saturated rings. The Morgan fingerprint density at radius 1 is 1.31 bits per heavy atom. The van der Waals surface area contributed by atoms with E-state index in [4.69, 9.17) is 4.52 Å². The highest BCUT2D eigenvalue weighted by Crippen LogP contribution is 2.38. The van der Waals surface area contributed by atoms with Crippen molar-refractivity contribution in [2.75, 3.05) is 16.2 Å². The van der Waals surface area contributed by atoms with Crippen molar-refractivity contribution in [2.24, 2.45) is 0 Å². The molecule has 0 radical (unpaired) electrons. The molecule has 1 aliphatic rings. The molecule has 3 aromatic rings. The largest absolute Gasteiger partial charge is 0.354 e. The molecule has 1 aromatic heterocycles. The zero-order chi connectivity index (χ0) is 18.5. The fourth-order valence-corrected chi connectivity index (χ4v) is 5.08. The van der Waals surface area contributed by atoms with Crippen molar-refractivity contribution in [1.29, 1.82) is 0 Å². The Balaban J connectivity index is 1.83. The molecule has 0 saturated heterocycles. The van der Waals surface area contributed by atoms with Crippen LogP contribution in [-0.2, 0) is 21.2 Å². The van der Waals surface area contributed by atoms with E-state index in [1.165, 1.54) is 17.9 Å². The third-order valence-corrected chi connectivity index (χ3v) is 6.08. The summed E-state index contributed by atoms with van der Waals surface area (Å²) in [7, 11) is -3.99. The van der Waals surface area contributed by atoms with Gasteiger partial charge in [0.2, 0.25) is 5.91 Å². The van der Waals surface area contributed by atoms with Crippen LogP contribution >= 0.6 is 15.9 Å². The van der Waals surface area contributed by atoms with Gasteiger partial charge in [0.05, 0.1) is 11.1 Å². The van der Waals surface area contributed by atoms with E-state index in [9.17, 15) is 13.2 Å². The van der Waals surface area contributed by atoms with Gasteiger partial charge in [-0.3, -0.25) is 9.52 Å². The number of fused-ring (bicyclic) bond motifs is 2. The summed E-state index contributed by atoms with van der Waals surface area (Å²) >= 11 is 3.35. The number of benzene rings is 2. The van der Waals surface area contributed by atoms with Crippen LogP contribution < -0.4 is 9.62 Å². The number of amides is 1. The number of halogens is 1. The molecule has 0 unspecified atom stereocenters. The molecule has 7 nitrogen and oxygen atoms in total. The van der Waals surface area contributed by atoms with Crippen LogP contribution in [0, 0.1) is 0 Å². The minimum absolute atomic E-state index is 0.0293. The molecule has 0 bridgehead atoms. The van der Waals surface area contributed by atoms with E-state index in [0.29, 0.717) is 34.1 Å². The number of anilines is 2. The predicted molar refractivity (Wildman–Crippen MR) is 101 cm³/mol. The van der Waals surface area contributed by atoms with Gasteiger partial charge >= 0.3 is 0 Å². The van der Waals surface area contributed by atoms with Crippen molar-refractivity contribution in [3.05, 3.63) is 46.4 Å². The van der Waals surface area contributed by atoms with E-state index < -0.39 is 10.0 Å². The average molecular weight is 436 g/mol. The van der Waals surface area contributed by atoms with Crippen LogP contribution in [0.25, 0.3) is 11.0 Å². The second-order valence-electron chi connectivity index (χ2n) is 5.97. The number of sulfonamides is 1. The molecule has 0 spiro atoms. The first-order valence-electron chi connectivity index (χ1n) is 7.84. The Hall–Kier alpha value is -2.39. The van der Waals surface area contributed by atoms with Gasteiger partial charge in [0, 0.05) is 17.9 Å². The monoisotopic (exact) mass is 435 g/mol. The summed E-state index contributed by atoms with van der Waals surface area (Å²) in [6, 6.07) is 10.3. The van der Waals surface area contributed by atoms with Gasteiger partial charge in [0.15, 0.2) is 11.4 Å². The second kappa shape index (κ2) is 6.10. The molecule has 9 heteroatoms. The van der Waals surface area contributed by atoms with Crippen LogP contribution in [0.15, 0.2) is 50.3 Å². The third-order valence-electron chi connectivity index (χ3n) is 4.27. The number of aromatic nitrogens is 1. The molecule has 2 aromatic carbocycles. The Morgan fingerprint density at radius 3 is 2.85 bits per heavy atom. The third kappa shape index (κ3) is 2.77. The average Bonchev–Trinajstić information content (AvgIpc) is 3.18. The standard InChI is InChI=1S/C17H14BrN3O4S/c1-10(22)21-7-6-11-8-12(18)9-15(16(11)21)26(23,24)20-17-13-4-2-3-5-14(13)25-19-17/h2-5,8-9H,6-7H2,1H3,(H,19,20). The van der Waals surface area contributed by atoms with Gasteiger partial charge in [0.1, 0.15) is 4.90 Å². The highest BCUT2D eigenvalue weighted by atomic mass is 79.9. The number of hydrogen-bond acceptors (Lipinski definition) is 5. The lowest BCUT2D eigenvalue weighted by Crippen LogP contribution is -2.28. The molecule has 134 valence electrons. The maximum absolute atomic E-state index is 13.1. The van der Waals surface area contributed by atoms with E-state index >= 15 is 0 Å². The molecular weight excluding hydrogens is 422 g/mol. The Morgan fingerprint density at radius 2 is 2.08 bits per heavy atom. The molecule has 26 heavy (non-hydrogen) atoms. The van der Waals surface area contributed by atoms with E-state index in [1.807, 2.05) is 6.07 Å². The summed E-state index contributed by atoms with van der Waals surface area (Å²) < 4.78 is 34.4. The molecule has 0 aliphatic carbocycles. The predicted octanol–water partition coefficient (Wildman–Crippen LogP) is 3.30. The van der Waals surface area contributed by atoms with E-state index in [2.05, 4.69) is 25.8 Å². The smallest absolute Gasteiger partial charge is 0.265 e. The molecule has 0 atom stereocenters. The van der Waals surface area contributed by atoms with Gasteiger partial charge in [-0.05, 0) is 36.2 Å². The molecule has 1 amide bonds. The Labute approximate surface area is 158 Å². The number of nitrogens with one attached hydrogen (secondary N) is 1. The molecule has 1 aliphatic heterocycles.